The van der Waals surface area contributed by atoms with Gasteiger partial charge in [-0.2, -0.15) is 0 Å². The standard InChI is InChI=1S/C10H19NO2/c1-6-7(2)11-9(13)8(12)10(3,4)5/h7H,6H2,1-5H3,(H,11,13). The Labute approximate surface area is 79.9 Å². The maximum absolute atomic E-state index is 11.4. The maximum Gasteiger partial charge on any atom is 0.288 e. The zero-order chi connectivity index (χ0) is 10.6. The van der Waals surface area contributed by atoms with Crippen molar-refractivity contribution in [1.82, 2.24) is 5.32 Å². The highest BCUT2D eigenvalue weighted by molar-refractivity contribution is 6.37. The van der Waals surface area contributed by atoms with Gasteiger partial charge in [-0.25, -0.2) is 0 Å². The van der Waals surface area contributed by atoms with Crippen LogP contribution >= 0.6 is 0 Å². The molecule has 0 aliphatic heterocycles. The Hall–Kier alpha value is -0.860. The molecule has 3 heteroatoms. The van der Waals surface area contributed by atoms with Crippen LogP contribution in [0.4, 0.5) is 0 Å². The van der Waals surface area contributed by atoms with E-state index in [1.54, 1.807) is 20.8 Å². The summed E-state index contributed by atoms with van der Waals surface area (Å²) in [7, 11) is 0. The highest BCUT2D eigenvalue weighted by Gasteiger charge is 2.28. The van der Waals surface area contributed by atoms with E-state index in [9.17, 15) is 9.59 Å². The first-order valence-corrected chi connectivity index (χ1v) is 4.64. The fourth-order valence-electron chi connectivity index (χ4n) is 0.732. The molecule has 0 bridgehead atoms. The molecule has 0 saturated carbocycles. The van der Waals surface area contributed by atoms with E-state index in [2.05, 4.69) is 5.32 Å². The van der Waals surface area contributed by atoms with Crippen molar-refractivity contribution in [2.45, 2.75) is 47.1 Å². The molecular weight excluding hydrogens is 166 g/mol. The normalized spacial score (nSPS) is 13.6. The van der Waals surface area contributed by atoms with Crippen LogP contribution in [0.5, 0.6) is 0 Å². The van der Waals surface area contributed by atoms with Crippen molar-refractivity contribution in [3.8, 4) is 0 Å². The van der Waals surface area contributed by atoms with Crippen molar-refractivity contribution in [3.63, 3.8) is 0 Å². The molecule has 1 atom stereocenters. The Balaban J connectivity index is 4.21. The zero-order valence-electron chi connectivity index (χ0n) is 9.10. The van der Waals surface area contributed by atoms with Gasteiger partial charge in [-0.3, -0.25) is 9.59 Å². The van der Waals surface area contributed by atoms with Crippen LogP contribution in [0.3, 0.4) is 0 Å². The zero-order valence-corrected chi connectivity index (χ0v) is 9.10. The lowest BCUT2D eigenvalue weighted by atomic mass is 9.90. The number of hydrogen-bond donors (Lipinski definition) is 1. The summed E-state index contributed by atoms with van der Waals surface area (Å²) < 4.78 is 0. The van der Waals surface area contributed by atoms with Crippen LogP contribution in [0.2, 0.25) is 0 Å². The lowest BCUT2D eigenvalue weighted by molar-refractivity contribution is -0.142. The lowest BCUT2D eigenvalue weighted by Gasteiger charge is -2.17. The Morgan fingerprint density at radius 2 is 1.77 bits per heavy atom. The van der Waals surface area contributed by atoms with Crippen LogP contribution in [-0.2, 0) is 9.59 Å². The van der Waals surface area contributed by atoms with Crippen molar-refractivity contribution in [1.29, 1.82) is 0 Å². The first kappa shape index (κ1) is 12.1. The Morgan fingerprint density at radius 1 is 1.31 bits per heavy atom. The molecule has 0 aliphatic rings. The summed E-state index contributed by atoms with van der Waals surface area (Å²) in [5.74, 6) is -0.824. The third-order valence-corrected chi connectivity index (χ3v) is 1.88. The maximum atomic E-state index is 11.4. The van der Waals surface area contributed by atoms with E-state index >= 15 is 0 Å². The highest BCUT2D eigenvalue weighted by atomic mass is 16.2. The van der Waals surface area contributed by atoms with E-state index in [0.717, 1.165) is 6.42 Å². The largest absolute Gasteiger partial charge is 0.347 e. The van der Waals surface area contributed by atoms with E-state index in [4.69, 9.17) is 0 Å². The first-order valence-electron chi connectivity index (χ1n) is 4.64. The van der Waals surface area contributed by atoms with Crippen LogP contribution < -0.4 is 5.32 Å². The number of hydrogen-bond acceptors (Lipinski definition) is 2. The molecule has 0 aromatic carbocycles. The van der Waals surface area contributed by atoms with Crippen molar-refractivity contribution in [2.24, 2.45) is 5.41 Å². The van der Waals surface area contributed by atoms with Gasteiger partial charge in [0.15, 0.2) is 0 Å². The van der Waals surface area contributed by atoms with Crippen molar-refractivity contribution in [2.75, 3.05) is 0 Å². The van der Waals surface area contributed by atoms with E-state index in [1.165, 1.54) is 0 Å². The van der Waals surface area contributed by atoms with Gasteiger partial charge in [-0.15, -0.1) is 0 Å². The quantitative estimate of drug-likeness (QED) is 0.677. The first-order chi connectivity index (χ1) is 5.79. The molecule has 0 fully saturated rings. The second kappa shape index (κ2) is 4.40. The summed E-state index contributed by atoms with van der Waals surface area (Å²) in [5, 5.41) is 2.65. The fraction of sp³-hybridized carbons (Fsp3) is 0.800. The second-order valence-corrected chi connectivity index (χ2v) is 4.36. The van der Waals surface area contributed by atoms with Crippen LogP contribution in [0, 0.1) is 5.41 Å². The van der Waals surface area contributed by atoms with Crippen LogP contribution in [0.1, 0.15) is 41.0 Å². The summed E-state index contributed by atoms with van der Waals surface area (Å²) >= 11 is 0. The summed E-state index contributed by atoms with van der Waals surface area (Å²) in [6.45, 7) is 9.07. The molecule has 0 rings (SSSR count). The Morgan fingerprint density at radius 3 is 2.08 bits per heavy atom. The van der Waals surface area contributed by atoms with Gasteiger partial charge < -0.3 is 5.32 Å². The summed E-state index contributed by atoms with van der Waals surface area (Å²) in [5.41, 5.74) is -0.586. The van der Waals surface area contributed by atoms with E-state index in [0.29, 0.717) is 0 Å². The van der Waals surface area contributed by atoms with Crippen LogP contribution in [0.15, 0.2) is 0 Å². The monoisotopic (exact) mass is 185 g/mol. The van der Waals surface area contributed by atoms with Gasteiger partial charge in [-0.05, 0) is 13.3 Å². The van der Waals surface area contributed by atoms with Gasteiger partial charge >= 0.3 is 0 Å². The molecule has 3 nitrogen and oxygen atoms in total. The topological polar surface area (TPSA) is 46.2 Å². The van der Waals surface area contributed by atoms with Gasteiger partial charge in [-0.1, -0.05) is 27.7 Å². The minimum absolute atomic E-state index is 0.0683. The number of Topliss-reactive ketones (excluding diaryl/α,β-unsaturated/α-hetero) is 1. The average Bonchev–Trinajstić information content (AvgIpc) is 2.01. The summed E-state index contributed by atoms with van der Waals surface area (Å²) in [6, 6.07) is 0.0683. The summed E-state index contributed by atoms with van der Waals surface area (Å²) in [6.07, 6.45) is 0.836. The molecule has 0 spiro atoms. The molecule has 13 heavy (non-hydrogen) atoms. The number of rotatable bonds is 3. The highest BCUT2D eigenvalue weighted by Crippen LogP contribution is 2.14. The molecule has 0 saturated heterocycles. The van der Waals surface area contributed by atoms with Gasteiger partial charge in [0, 0.05) is 11.5 Å². The predicted molar refractivity (Wildman–Crippen MR) is 52.4 cm³/mol. The lowest BCUT2D eigenvalue weighted by Crippen LogP contribution is -2.42. The molecule has 1 unspecified atom stereocenters. The van der Waals surface area contributed by atoms with E-state index in [1.807, 2.05) is 13.8 Å². The molecule has 0 aliphatic carbocycles. The number of nitrogens with one attached hydrogen (secondary N) is 1. The molecule has 0 aromatic heterocycles. The number of carbonyl (C=O) groups excluding carboxylic acids is 2. The fourth-order valence-corrected chi connectivity index (χ4v) is 0.732. The van der Waals surface area contributed by atoms with Gasteiger partial charge in [0.05, 0.1) is 0 Å². The van der Waals surface area contributed by atoms with Gasteiger partial charge in [0.1, 0.15) is 0 Å². The van der Waals surface area contributed by atoms with Crippen molar-refractivity contribution in [3.05, 3.63) is 0 Å². The van der Waals surface area contributed by atoms with Crippen molar-refractivity contribution >= 4 is 11.7 Å². The third-order valence-electron chi connectivity index (χ3n) is 1.88. The Kier molecular flexibility index (Phi) is 4.11. The minimum atomic E-state index is -0.586. The van der Waals surface area contributed by atoms with Crippen LogP contribution in [0.25, 0.3) is 0 Å². The van der Waals surface area contributed by atoms with Crippen LogP contribution in [-0.4, -0.2) is 17.7 Å². The van der Waals surface area contributed by atoms with Crippen molar-refractivity contribution < 1.29 is 9.59 Å². The third kappa shape index (κ3) is 4.06. The number of carbonyl (C=O) groups is 2. The molecule has 0 radical (unpaired) electrons. The predicted octanol–water partition coefficient (Wildman–Crippen LogP) is 1.52. The smallest absolute Gasteiger partial charge is 0.288 e. The number of amides is 1. The molecule has 0 aromatic rings. The molecular formula is C10H19NO2. The minimum Gasteiger partial charge on any atom is -0.347 e. The average molecular weight is 185 g/mol. The molecule has 1 amide bonds. The Bertz CT molecular complexity index is 203. The molecule has 0 heterocycles. The van der Waals surface area contributed by atoms with E-state index < -0.39 is 11.3 Å². The molecule has 76 valence electrons. The number of ketones is 1. The van der Waals surface area contributed by atoms with Gasteiger partial charge in [0.2, 0.25) is 5.78 Å². The van der Waals surface area contributed by atoms with Gasteiger partial charge in [0.25, 0.3) is 5.91 Å². The summed E-state index contributed by atoms with van der Waals surface area (Å²) in [4.78, 5) is 22.7. The second-order valence-electron chi connectivity index (χ2n) is 4.36. The SMILES string of the molecule is CCC(C)NC(=O)C(=O)C(C)(C)C. The molecule has 1 N–H and O–H groups in total. The van der Waals surface area contributed by atoms with E-state index in [-0.39, 0.29) is 11.8 Å².